The molecular weight excluding hydrogens is 372 g/mol. The number of sulfone groups is 1. The fourth-order valence-corrected chi connectivity index (χ4v) is 4.93. The Hall–Kier alpha value is -1.87. The number of ether oxygens (including phenoxy) is 1. The Bertz CT molecular complexity index is 808. The second-order valence-corrected chi connectivity index (χ2v) is 8.89. The molecule has 1 aliphatic heterocycles. The van der Waals surface area contributed by atoms with Gasteiger partial charge in [-0.1, -0.05) is 11.6 Å². The highest BCUT2D eigenvalue weighted by molar-refractivity contribution is 7.91. The number of carbonyl (C=O) groups excluding carboxylic acids is 1. The van der Waals surface area contributed by atoms with Crippen LogP contribution < -0.4 is 4.74 Å². The van der Waals surface area contributed by atoms with Crippen LogP contribution in [0.4, 0.5) is 5.69 Å². The van der Waals surface area contributed by atoms with Crippen molar-refractivity contribution in [1.29, 1.82) is 0 Å². The van der Waals surface area contributed by atoms with Crippen LogP contribution in [0, 0.1) is 10.1 Å². The van der Waals surface area contributed by atoms with E-state index in [1.54, 1.807) is 4.90 Å². The van der Waals surface area contributed by atoms with Gasteiger partial charge < -0.3 is 9.64 Å². The minimum atomic E-state index is -3.09. The van der Waals surface area contributed by atoms with E-state index in [0.717, 1.165) is 18.9 Å². The number of hydrogen-bond donors (Lipinski definition) is 0. The summed E-state index contributed by atoms with van der Waals surface area (Å²) >= 11 is 5.94. The molecule has 1 aromatic rings. The van der Waals surface area contributed by atoms with Crippen LogP contribution in [0.3, 0.4) is 0 Å². The number of nitrogens with zero attached hydrogens (tertiary/aromatic N) is 2. The highest BCUT2D eigenvalue weighted by Gasteiger charge is 2.42. The molecule has 0 radical (unpaired) electrons. The SMILES string of the molecule is O=C(COc1ccc([N+](=O)[O-])cc1Cl)N(C1CC1)[C@H]1CCS(=O)(=O)C1. The van der Waals surface area contributed by atoms with Gasteiger partial charge in [0.05, 0.1) is 21.5 Å². The normalized spacial score (nSPS) is 21.7. The standard InChI is InChI=1S/C15H17ClN2O6S/c16-13-7-11(18(20)21)3-4-14(13)24-8-15(19)17(10-1-2-10)12-5-6-25(22,23)9-12/h3-4,7,10,12H,1-2,5-6,8-9H2/t12-/m0/s1. The third-order valence-electron chi connectivity index (χ3n) is 4.31. The first-order chi connectivity index (χ1) is 11.8. The van der Waals surface area contributed by atoms with Crippen molar-refractivity contribution < 1.29 is 22.9 Å². The minimum Gasteiger partial charge on any atom is -0.482 e. The molecule has 2 aliphatic rings. The van der Waals surface area contributed by atoms with Crippen LogP contribution in [-0.2, 0) is 14.6 Å². The molecule has 3 rings (SSSR count). The van der Waals surface area contributed by atoms with Gasteiger partial charge in [0.25, 0.3) is 11.6 Å². The monoisotopic (exact) mass is 388 g/mol. The highest BCUT2D eigenvalue weighted by Crippen LogP contribution is 2.33. The molecule has 0 N–H and O–H groups in total. The zero-order chi connectivity index (χ0) is 18.2. The van der Waals surface area contributed by atoms with Crippen LogP contribution >= 0.6 is 11.6 Å². The molecule has 1 aromatic carbocycles. The van der Waals surface area contributed by atoms with Crippen molar-refractivity contribution >= 4 is 33.0 Å². The number of hydrogen-bond acceptors (Lipinski definition) is 6. The molecule has 8 nitrogen and oxygen atoms in total. The summed E-state index contributed by atoms with van der Waals surface area (Å²) in [6.45, 7) is -0.287. The van der Waals surface area contributed by atoms with Crippen molar-refractivity contribution in [2.24, 2.45) is 0 Å². The maximum absolute atomic E-state index is 12.5. The lowest BCUT2D eigenvalue weighted by molar-refractivity contribution is -0.384. The van der Waals surface area contributed by atoms with E-state index in [-0.39, 0.29) is 52.6 Å². The zero-order valence-electron chi connectivity index (χ0n) is 13.3. The van der Waals surface area contributed by atoms with Gasteiger partial charge in [-0.3, -0.25) is 14.9 Å². The van der Waals surface area contributed by atoms with E-state index < -0.39 is 14.8 Å². The number of amides is 1. The average molecular weight is 389 g/mol. The number of nitro benzene ring substituents is 1. The van der Waals surface area contributed by atoms with Crippen LogP contribution in [0.25, 0.3) is 0 Å². The molecule has 1 atom stereocenters. The van der Waals surface area contributed by atoms with Crippen molar-refractivity contribution in [3.63, 3.8) is 0 Å². The van der Waals surface area contributed by atoms with Gasteiger partial charge >= 0.3 is 0 Å². The predicted octanol–water partition coefficient (Wildman–Crippen LogP) is 1.81. The van der Waals surface area contributed by atoms with Crippen LogP contribution in [-0.4, -0.2) is 54.3 Å². The number of halogens is 1. The van der Waals surface area contributed by atoms with Crippen LogP contribution in [0.2, 0.25) is 5.02 Å². The summed E-state index contributed by atoms with van der Waals surface area (Å²) in [4.78, 5) is 24.3. The van der Waals surface area contributed by atoms with E-state index in [0.29, 0.717) is 6.42 Å². The van der Waals surface area contributed by atoms with Crippen LogP contribution in [0.5, 0.6) is 5.75 Å². The Kier molecular flexibility index (Phi) is 4.88. The Balaban J connectivity index is 1.65. The second kappa shape index (κ2) is 6.80. The molecule has 2 fully saturated rings. The summed E-state index contributed by atoms with van der Waals surface area (Å²) in [5, 5.41) is 10.7. The summed E-state index contributed by atoms with van der Waals surface area (Å²) in [5.41, 5.74) is -0.167. The number of carbonyl (C=O) groups is 1. The van der Waals surface area contributed by atoms with E-state index in [9.17, 15) is 23.3 Å². The molecule has 136 valence electrons. The average Bonchev–Trinajstić information content (AvgIpc) is 3.29. The van der Waals surface area contributed by atoms with Crippen molar-refractivity contribution in [3.8, 4) is 5.75 Å². The maximum atomic E-state index is 12.5. The molecule has 0 spiro atoms. The Morgan fingerprint density at radius 2 is 2.04 bits per heavy atom. The molecule has 0 bridgehead atoms. The van der Waals surface area contributed by atoms with Crippen LogP contribution in [0.1, 0.15) is 19.3 Å². The van der Waals surface area contributed by atoms with E-state index in [1.165, 1.54) is 12.1 Å². The summed E-state index contributed by atoms with van der Waals surface area (Å²) in [6, 6.07) is 3.51. The van der Waals surface area contributed by atoms with Gasteiger partial charge in [-0.15, -0.1) is 0 Å². The van der Waals surface area contributed by atoms with Gasteiger partial charge in [-0.2, -0.15) is 0 Å². The molecule has 10 heteroatoms. The van der Waals surface area contributed by atoms with Crippen molar-refractivity contribution in [1.82, 2.24) is 4.90 Å². The number of nitro groups is 1. The van der Waals surface area contributed by atoms with Gasteiger partial charge in [-0.05, 0) is 25.3 Å². The summed E-state index contributed by atoms with van der Waals surface area (Å²) < 4.78 is 28.8. The fourth-order valence-electron chi connectivity index (χ4n) is 2.99. The second-order valence-electron chi connectivity index (χ2n) is 6.25. The van der Waals surface area contributed by atoms with Gasteiger partial charge in [0, 0.05) is 24.2 Å². The Morgan fingerprint density at radius 1 is 1.32 bits per heavy atom. The van der Waals surface area contributed by atoms with E-state index in [4.69, 9.17) is 16.3 Å². The molecule has 0 unspecified atom stereocenters. The number of non-ortho nitro benzene ring substituents is 1. The molecular formula is C15H17ClN2O6S. The van der Waals surface area contributed by atoms with E-state index >= 15 is 0 Å². The largest absolute Gasteiger partial charge is 0.482 e. The summed E-state index contributed by atoms with van der Waals surface area (Å²) in [7, 11) is -3.09. The number of benzene rings is 1. The van der Waals surface area contributed by atoms with Crippen LogP contribution in [0.15, 0.2) is 18.2 Å². The van der Waals surface area contributed by atoms with Gasteiger partial charge in [-0.25, -0.2) is 8.42 Å². The lowest BCUT2D eigenvalue weighted by atomic mass is 10.2. The molecule has 1 saturated heterocycles. The lowest BCUT2D eigenvalue weighted by Crippen LogP contribution is -2.45. The fraction of sp³-hybridized carbons (Fsp3) is 0.533. The first kappa shape index (κ1) is 17.9. The molecule has 0 aromatic heterocycles. The third-order valence-corrected chi connectivity index (χ3v) is 6.35. The first-order valence-electron chi connectivity index (χ1n) is 7.85. The van der Waals surface area contributed by atoms with Gasteiger partial charge in [0.2, 0.25) is 0 Å². The zero-order valence-corrected chi connectivity index (χ0v) is 14.8. The smallest absolute Gasteiger partial charge is 0.271 e. The highest BCUT2D eigenvalue weighted by atomic mass is 35.5. The molecule has 1 aliphatic carbocycles. The van der Waals surface area contributed by atoms with E-state index in [2.05, 4.69) is 0 Å². The Morgan fingerprint density at radius 3 is 2.56 bits per heavy atom. The molecule has 1 amide bonds. The van der Waals surface area contributed by atoms with Gasteiger partial charge in [0.1, 0.15) is 5.75 Å². The van der Waals surface area contributed by atoms with Crippen molar-refractivity contribution in [2.45, 2.75) is 31.3 Å². The Labute approximate surface area is 149 Å². The molecule has 25 heavy (non-hydrogen) atoms. The number of rotatable bonds is 6. The third kappa shape index (κ3) is 4.21. The topological polar surface area (TPSA) is 107 Å². The van der Waals surface area contributed by atoms with Crippen molar-refractivity contribution in [3.05, 3.63) is 33.3 Å². The summed E-state index contributed by atoms with van der Waals surface area (Å²) in [5.74, 6) is -0.0223. The van der Waals surface area contributed by atoms with Gasteiger partial charge in [0.15, 0.2) is 16.4 Å². The lowest BCUT2D eigenvalue weighted by Gasteiger charge is -2.28. The van der Waals surface area contributed by atoms with E-state index in [1.807, 2.05) is 0 Å². The molecule has 1 heterocycles. The molecule has 1 saturated carbocycles. The first-order valence-corrected chi connectivity index (χ1v) is 10.0. The summed E-state index contributed by atoms with van der Waals surface area (Å²) in [6.07, 6.45) is 2.17. The van der Waals surface area contributed by atoms with Crippen molar-refractivity contribution in [2.75, 3.05) is 18.1 Å². The maximum Gasteiger partial charge on any atom is 0.271 e. The minimum absolute atomic E-state index is 0.00642. The predicted molar refractivity (Wildman–Crippen MR) is 90.5 cm³/mol. The quantitative estimate of drug-likeness (QED) is 0.543.